The molecule has 94 valence electrons. The Kier molecular flexibility index (Phi) is 6.08. The van der Waals surface area contributed by atoms with Crippen LogP contribution in [0, 0.1) is 5.82 Å². The van der Waals surface area contributed by atoms with Gasteiger partial charge in [-0.05, 0) is 34.1 Å². The van der Waals surface area contributed by atoms with E-state index in [0.29, 0.717) is 18.7 Å². The van der Waals surface area contributed by atoms with Gasteiger partial charge < -0.3 is 10.1 Å². The third-order valence-corrected chi connectivity index (χ3v) is 3.21. The molecule has 0 heterocycles. The van der Waals surface area contributed by atoms with Gasteiger partial charge in [0.15, 0.2) is 0 Å². The van der Waals surface area contributed by atoms with Crippen LogP contribution in [-0.4, -0.2) is 31.0 Å². The number of ether oxygens (including phenoxy) is 1. The fraction of sp³-hybridized carbons (Fsp3) is 0.364. The average Bonchev–Trinajstić information content (AvgIpc) is 2.30. The zero-order valence-electron chi connectivity index (χ0n) is 9.17. The van der Waals surface area contributed by atoms with Crippen LogP contribution >= 0.6 is 31.9 Å². The van der Waals surface area contributed by atoms with Gasteiger partial charge in [-0.15, -0.1) is 0 Å². The summed E-state index contributed by atoms with van der Waals surface area (Å²) in [4.78, 5) is 11.8. The van der Waals surface area contributed by atoms with Crippen LogP contribution in [0.25, 0.3) is 0 Å². The van der Waals surface area contributed by atoms with E-state index in [2.05, 4.69) is 37.2 Å². The Balaban J connectivity index is 2.55. The summed E-state index contributed by atoms with van der Waals surface area (Å²) < 4.78 is 18.2. The molecule has 0 radical (unpaired) electrons. The summed E-state index contributed by atoms with van der Waals surface area (Å²) in [5, 5.41) is 2.72. The summed E-state index contributed by atoms with van der Waals surface area (Å²) >= 11 is 6.39. The van der Waals surface area contributed by atoms with Crippen LogP contribution in [0.5, 0.6) is 0 Å². The quantitative estimate of drug-likeness (QED) is 0.811. The van der Waals surface area contributed by atoms with Gasteiger partial charge in [-0.1, -0.05) is 15.9 Å². The molecule has 0 bridgehead atoms. The van der Waals surface area contributed by atoms with Gasteiger partial charge in [-0.25, -0.2) is 4.39 Å². The van der Waals surface area contributed by atoms with Crippen molar-refractivity contribution in [2.75, 3.05) is 20.3 Å². The van der Waals surface area contributed by atoms with Gasteiger partial charge in [0.25, 0.3) is 5.91 Å². The van der Waals surface area contributed by atoms with Crippen molar-refractivity contribution in [3.8, 4) is 0 Å². The molecule has 0 saturated carbocycles. The van der Waals surface area contributed by atoms with E-state index < -0.39 is 0 Å². The van der Waals surface area contributed by atoms with E-state index >= 15 is 0 Å². The highest BCUT2D eigenvalue weighted by Gasteiger charge is 2.10. The van der Waals surface area contributed by atoms with Crippen LogP contribution < -0.4 is 5.32 Å². The second-order valence-electron chi connectivity index (χ2n) is 3.39. The molecule has 1 rings (SSSR count). The first kappa shape index (κ1) is 14.6. The highest BCUT2D eigenvalue weighted by Crippen LogP contribution is 2.16. The van der Waals surface area contributed by atoms with Gasteiger partial charge in [0, 0.05) is 19.2 Å². The van der Waals surface area contributed by atoms with Crippen molar-refractivity contribution >= 4 is 37.8 Å². The first-order valence-corrected chi connectivity index (χ1v) is 6.61. The number of hydrogen-bond donors (Lipinski definition) is 1. The number of alkyl halides is 1. The molecule has 3 nitrogen and oxygen atoms in total. The van der Waals surface area contributed by atoms with Gasteiger partial charge in [0.1, 0.15) is 5.82 Å². The van der Waals surface area contributed by atoms with Crippen molar-refractivity contribution < 1.29 is 13.9 Å². The van der Waals surface area contributed by atoms with E-state index in [0.717, 1.165) is 0 Å². The Morgan fingerprint density at radius 3 is 2.88 bits per heavy atom. The lowest BCUT2D eigenvalue weighted by molar-refractivity contribution is 0.0950. The zero-order chi connectivity index (χ0) is 12.8. The first-order valence-electron chi connectivity index (χ1n) is 4.91. The molecule has 6 heteroatoms. The topological polar surface area (TPSA) is 38.3 Å². The number of hydrogen-bond acceptors (Lipinski definition) is 2. The largest absolute Gasteiger partial charge is 0.383 e. The summed E-state index contributed by atoms with van der Waals surface area (Å²) in [5.41, 5.74) is 0.412. The van der Waals surface area contributed by atoms with Gasteiger partial charge in [0.05, 0.1) is 15.9 Å². The predicted molar refractivity (Wildman–Crippen MR) is 71.0 cm³/mol. The van der Waals surface area contributed by atoms with Crippen LogP contribution in [0.1, 0.15) is 10.4 Å². The third-order valence-electron chi connectivity index (χ3n) is 2.01. The lowest BCUT2D eigenvalue weighted by Crippen LogP contribution is -2.31. The van der Waals surface area contributed by atoms with Crippen molar-refractivity contribution in [2.45, 2.75) is 4.83 Å². The maximum absolute atomic E-state index is 13.0. The lowest BCUT2D eigenvalue weighted by Gasteiger charge is -2.10. The Labute approximate surface area is 116 Å². The van der Waals surface area contributed by atoms with Gasteiger partial charge >= 0.3 is 0 Å². The molecule has 1 unspecified atom stereocenters. The van der Waals surface area contributed by atoms with E-state index in [1.54, 1.807) is 7.11 Å². The number of rotatable bonds is 5. The summed E-state index contributed by atoms with van der Waals surface area (Å²) in [7, 11) is 1.59. The molecule has 0 aliphatic carbocycles. The Bertz CT molecular complexity index is 401. The number of carbonyl (C=O) groups is 1. The van der Waals surface area contributed by atoms with Crippen LogP contribution in [0.4, 0.5) is 4.39 Å². The van der Waals surface area contributed by atoms with E-state index in [1.165, 1.54) is 18.2 Å². The molecule has 17 heavy (non-hydrogen) atoms. The van der Waals surface area contributed by atoms with E-state index in [1.807, 2.05) is 0 Å². The smallest absolute Gasteiger partial charge is 0.251 e. The predicted octanol–water partition coefficient (Wildman–Crippen LogP) is 2.73. The maximum Gasteiger partial charge on any atom is 0.251 e. The maximum atomic E-state index is 13.0. The van der Waals surface area contributed by atoms with E-state index in [4.69, 9.17) is 4.74 Å². The molecule has 1 atom stereocenters. The second kappa shape index (κ2) is 7.08. The molecule has 1 aromatic carbocycles. The van der Waals surface area contributed by atoms with E-state index in [-0.39, 0.29) is 21.0 Å². The summed E-state index contributed by atoms with van der Waals surface area (Å²) in [6.07, 6.45) is 0. The van der Waals surface area contributed by atoms with Gasteiger partial charge in [0.2, 0.25) is 0 Å². The summed E-state index contributed by atoms with van der Waals surface area (Å²) in [5.74, 6) is -0.634. The molecule has 1 N–H and O–H groups in total. The Morgan fingerprint density at radius 1 is 1.59 bits per heavy atom. The molecular weight excluding hydrogens is 357 g/mol. The van der Waals surface area contributed by atoms with Crippen LogP contribution in [0.15, 0.2) is 22.7 Å². The standard InChI is InChI=1S/C11H12Br2FNO2/c1-17-6-8(12)5-15-11(16)7-2-3-10(14)9(13)4-7/h2-4,8H,5-6H2,1H3,(H,15,16). The van der Waals surface area contributed by atoms with Crippen molar-refractivity contribution in [2.24, 2.45) is 0 Å². The minimum Gasteiger partial charge on any atom is -0.383 e. The van der Waals surface area contributed by atoms with Crippen LogP contribution in [-0.2, 0) is 4.74 Å². The Morgan fingerprint density at radius 2 is 2.29 bits per heavy atom. The van der Waals surface area contributed by atoms with Crippen molar-refractivity contribution in [3.63, 3.8) is 0 Å². The SMILES string of the molecule is COCC(Br)CNC(=O)c1ccc(F)c(Br)c1. The molecule has 1 aromatic rings. The second-order valence-corrected chi connectivity index (χ2v) is 5.54. The van der Waals surface area contributed by atoms with Crippen LogP contribution in [0.3, 0.4) is 0 Å². The molecule has 0 aliphatic heterocycles. The number of halogens is 3. The van der Waals surface area contributed by atoms with Crippen molar-refractivity contribution in [3.05, 3.63) is 34.1 Å². The molecule has 0 aliphatic rings. The number of carbonyl (C=O) groups excluding carboxylic acids is 1. The van der Waals surface area contributed by atoms with Gasteiger partial charge in [-0.3, -0.25) is 4.79 Å². The Hall–Kier alpha value is -0.460. The fourth-order valence-electron chi connectivity index (χ4n) is 1.18. The minimum absolute atomic E-state index is 0.0559. The van der Waals surface area contributed by atoms with Crippen molar-refractivity contribution in [1.29, 1.82) is 0 Å². The number of nitrogens with one attached hydrogen (secondary N) is 1. The molecule has 0 saturated heterocycles. The van der Waals surface area contributed by atoms with E-state index in [9.17, 15) is 9.18 Å². The molecular formula is C11H12Br2FNO2. The highest BCUT2D eigenvalue weighted by molar-refractivity contribution is 9.10. The average molecular weight is 369 g/mol. The molecule has 0 aromatic heterocycles. The number of benzene rings is 1. The summed E-state index contributed by atoms with van der Waals surface area (Å²) in [6, 6.07) is 4.14. The monoisotopic (exact) mass is 367 g/mol. The number of methoxy groups -OCH3 is 1. The fourth-order valence-corrected chi connectivity index (χ4v) is 1.99. The molecule has 0 fully saturated rings. The normalized spacial score (nSPS) is 12.2. The van der Waals surface area contributed by atoms with Crippen LogP contribution in [0.2, 0.25) is 0 Å². The highest BCUT2D eigenvalue weighted by atomic mass is 79.9. The number of amides is 1. The third kappa shape index (κ3) is 4.73. The first-order chi connectivity index (χ1) is 8.04. The van der Waals surface area contributed by atoms with Gasteiger partial charge in [-0.2, -0.15) is 0 Å². The zero-order valence-corrected chi connectivity index (χ0v) is 12.3. The molecule has 0 spiro atoms. The van der Waals surface area contributed by atoms with Crippen molar-refractivity contribution in [1.82, 2.24) is 5.32 Å². The molecule has 1 amide bonds. The lowest BCUT2D eigenvalue weighted by atomic mass is 10.2. The summed E-state index contributed by atoms with van der Waals surface area (Å²) in [6.45, 7) is 0.953. The minimum atomic E-state index is -0.390.